The number of carboxylic acids is 1. The van der Waals surface area contributed by atoms with E-state index in [0.29, 0.717) is 5.02 Å². The highest BCUT2D eigenvalue weighted by atomic mass is 35.5. The van der Waals surface area contributed by atoms with Crippen molar-refractivity contribution in [3.63, 3.8) is 0 Å². The largest absolute Gasteiger partial charge is 0.506 e. The van der Waals surface area contributed by atoms with Crippen LogP contribution in [0.4, 0.5) is 5.69 Å². The van der Waals surface area contributed by atoms with Gasteiger partial charge in [-0.1, -0.05) is 54.7 Å². The topological polar surface area (TPSA) is 107 Å². The molecule has 174 valence electrons. The van der Waals surface area contributed by atoms with Crippen LogP contribution in [0.1, 0.15) is 31.9 Å². The molecule has 4 atom stereocenters. The normalized spacial score (nSPS) is 26.8. The Balaban J connectivity index is 1.93. The lowest BCUT2D eigenvalue weighted by Crippen LogP contribution is -2.56. The Labute approximate surface area is 205 Å². The zero-order chi connectivity index (χ0) is 24.2. The van der Waals surface area contributed by atoms with E-state index in [4.69, 9.17) is 34.8 Å². The summed E-state index contributed by atoms with van der Waals surface area (Å²) in [5.41, 5.74) is -1.34. The second-order valence-electron chi connectivity index (χ2n) is 8.82. The van der Waals surface area contributed by atoms with Crippen molar-refractivity contribution in [3.05, 3.63) is 57.0 Å². The van der Waals surface area contributed by atoms with Crippen LogP contribution in [-0.4, -0.2) is 33.5 Å². The molecule has 2 amide bonds. The van der Waals surface area contributed by atoms with Crippen LogP contribution in [0, 0.1) is 17.8 Å². The summed E-state index contributed by atoms with van der Waals surface area (Å²) in [7, 11) is 0. The van der Waals surface area contributed by atoms with Gasteiger partial charge in [-0.3, -0.25) is 19.7 Å². The van der Waals surface area contributed by atoms with Crippen molar-refractivity contribution in [2.75, 3.05) is 4.90 Å². The predicted octanol–water partition coefficient (Wildman–Crippen LogP) is 4.67. The number of nitrogens with one attached hydrogen (secondary N) is 1. The number of amides is 2. The molecule has 2 aliphatic heterocycles. The molecule has 10 heteroatoms. The van der Waals surface area contributed by atoms with E-state index in [-0.39, 0.29) is 39.4 Å². The Morgan fingerprint density at radius 3 is 2.42 bits per heavy atom. The lowest BCUT2D eigenvalue weighted by molar-refractivity contribution is -0.149. The Kier molecular flexibility index (Phi) is 6.12. The summed E-state index contributed by atoms with van der Waals surface area (Å²) >= 11 is 18.3. The number of hydrogen-bond acceptors (Lipinski definition) is 5. The Bertz CT molecular complexity index is 1170. The second kappa shape index (κ2) is 8.47. The lowest BCUT2D eigenvalue weighted by Gasteiger charge is -2.32. The number of phenols is 1. The number of rotatable bonds is 5. The minimum absolute atomic E-state index is 0.0454. The SMILES string of the molecule is CC(C)C[C@]1(C(=O)O)N[C@H](c2cc(Cl)cc(Cl)c2O)[C@H]2C(=O)N(c3cccc(Cl)c3)C(=O)[C@@H]21. The smallest absolute Gasteiger partial charge is 0.324 e. The maximum atomic E-state index is 13.7. The summed E-state index contributed by atoms with van der Waals surface area (Å²) in [6.07, 6.45) is 0.0808. The summed E-state index contributed by atoms with van der Waals surface area (Å²) in [5, 5.41) is 24.5. The molecule has 33 heavy (non-hydrogen) atoms. The predicted molar refractivity (Wildman–Crippen MR) is 125 cm³/mol. The number of fused-ring (bicyclic) bond motifs is 1. The molecule has 2 aromatic carbocycles. The first kappa shape index (κ1) is 23.8. The Hall–Kier alpha value is -2.32. The van der Waals surface area contributed by atoms with Crippen molar-refractivity contribution >= 4 is 58.3 Å². The lowest BCUT2D eigenvalue weighted by atomic mass is 9.75. The van der Waals surface area contributed by atoms with Gasteiger partial charge in [-0.2, -0.15) is 0 Å². The fourth-order valence-corrected chi connectivity index (χ4v) is 5.77. The average molecular weight is 512 g/mol. The van der Waals surface area contributed by atoms with Crippen LogP contribution in [0.25, 0.3) is 0 Å². The molecule has 2 fully saturated rings. The van der Waals surface area contributed by atoms with Crippen LogP contribution in [0.15, 0.2) is 36.4 Å². The zero-order valence-corrected chi connectivity index (χ0v) is 19.9. The molecule has 2 heterocycles. The summed E-state index contributed by atoms with van der Waals surface area (Å²) in [4.78, 5) is 41.0. The van der Waals surface area contributed by atoms with Crippen LogP contribution in [-0.2, 0) is 14.4 Å². The number of carbonyl (C=O) groups is 3. The minimum Gasteiger partial charge on any atom is -0.506 e. The number of aliphatic carboxylic acids is 1. The molecule has 0 spiro atoms. The van der Waals surface area contributed by atoms with Gasteiger partial charge in [-0.15, -0.1) is 0 Å². The number of hydrogen-bond donors (Lipinski definition) is 3. The van der Waals surface area contributed by atoms with Gasteiger partial charge in [-0.05, 0) is 42.7 Å². The van der Waals surface area contributed by atoms with Crippen molar-refractivity contribution in [1.82, 2.24) is 5.32 Å². The van der Waals surface area contributed by atoms with Crippen LogP contribution >= 0.6 is 34.8 Å². The quantitative estimate of drug-likeness (QED) is 0.504. The maximum Gasteiger partial charge on any atom is 0.324 e. The van der Waals surface area contributed by atoms with Gasteiger partial charge in [0.05, 0.1) is 22.5 Å². The summed E-state index contributed by atoms with van der Waals surface area (Å²) in [5.74, 6) is -5.25. The number of phenolic OH excluding ortho intramolecular Hbond substituents is 1. The Morgan fingerprint density at radius 1 is 1.12 bits per heavy atom. The number of benzene rings is 2. The number of aromatic hydroxyl groups is 1. The molecule has 2 aliphatic rings. The third-order valence-electron chi connectivity index (χ3n) is 6.23. The molecule has 0 aromatic heterocycles. The fraction of sp³-hybridized carbons (Fsp3) is 0.348. The van der Waals surface area contributed by atoms with Gasteiger partial charge in [0.15, 0.2) is 0 Å². The molecule has 0 saturated carbocycles. The van der Waals surface area contributed by atoms with Crippen molar-refractivity contribution in [3.8, 4) is 5.75 Å². The molecule has 0 aliphatic carbocycles. The highest BCUT2D eigenvalue weighted by Gasteiger charge is 2.69. The molecule has 0 radical (unpaired) electrons. The minimum atomic E-state index is -1.75. The van der Waals surface area contributed by atoms with E-state index in [2.05, 4.69) is 5.32 Å². The van der Waals surface area contributed by atoms with Crippen LogP contribution in [0.2, 0.25) is 15.1 Å². The van der Waals surface area contributed by atoms with Gasteiger partial charge in [0.25, 0.3) is 0 Å². The maximum absolute atomic E-state index is 13.7. The zero-order valence-electron chi connectivity index (χ0n) is 17.7. The third-order valence-corrected chi connectivity index (χ3v) is 6.97. The number of carbonyl (C=O) groups excluding carboxylic acids is 2. The molecule has 2 saturated heterocycles. The van der Waals surface area contributed by atoms with Crippen LogP contribution < -0.4 is 10.2 Å². The number of nitrogens with zero attached hydrogens (tertiary/aromatic N) is 1. The van der Waals surface area contributed by atoms with Crippen molar-refractivity contribution in [2.45, 2.75) is 31.8 Å². The highest BCUT2D eigenvalue weighted by Crippen LogP contribution is 2.53. The molecular formula is C23H21Cl3N2O5. The van der Waals surface area contributed by atoms with Crippen LogP contribution in [0.3, 0.4) is 0 Å². The number of imide groups is 1. The van der Waals surface area contributed by atoms with Gasteiger partial charge >= 0.3 is 5.97 Å². The number of anilines is 1. The standard InChI is InChI=1S/C23H21Cl3N2O5/c1-10(2)9-23(22(32)33)17-16(18(27-23)14-7-12(25)8-15(26)19(14)29)20(30)28(21(17)31)13-5-3-4-11(24)6-13/h3-8,10,16-18,27,29H,9H2,1-2H3,(H,32,33)/t16-,17+,18+,23-/m0/s1. The van der Waals surface area contributed by atoms with Gasteiger partial charge in [0.1, 0.15) is 11.3 Å². The first-order valence-corrected chi connectivity index (χ1v) is 11.4. The van der Waals surface area contributed by atoms with Gasteiger partial charge in [0.2, 0.25) is 11.8 Å². The summed E-state index contributed by atoms with van der Waals surface area (Å²) in [6, 6.07) is 7.99. The monoisotopic (exact) mass is 510 g/mol. The molecular weight excluding hydrogens is 491 g/mol. The van der Waals surface area contributed by atoms with E-state index < -0.39 is 41.2 Å². The highest BCUT2D eigenvalue weighted by molar-refractivity contribution is 6.35. The van der Waals surface area contributed by atoms with Gasteiger partial charge in [-0.25, -0.2) is 4.90 Å². The van der Waals surface area contributed by atoms with E-state index in [9.17, 15) is 24.6 Å². The fourth-order valence-electron chi connectivity index (χ4n) is 5.08. The first-order valence-electron chi connectivity index (χ1n) is 10.3. The van der Waals surface area contributed by atoms with E-state index in [0.717, 1.165) is 4.90 Å². The van der Waals surface area contributed by atoms with E-state index in [1.807, 2.05) is 13.8 Å². The first-order chi connectivity index (χ1) is 15.5. The molecule has 3 N–H and O–H groups in total. The summed E-state index contributed by atoms with van der Waals surface area (Å²) < 4.78 is 0. The average Bonchev–Trinajstić information content (AvgIpc) is 3.19. The molecule has 2 aromatic rings. The van der Waals surface area contributed by atoms with E-state index in [1.165, 1.54) is 18.2 Å². The molecule has 4 rings (SSSR count). The van der Waals surface area contributed by atoms with Gasteiger partial charge in [0, 0.05) is 21.7 Å². The number of carboxylic acid groups (broad SMARTS) is 1. The van der Waals surface area contributed by atoms with Crippen molar-refractivity contribution in [1.29, 1.82) is 0 Å². The third kappa shape index (κ3) is 3.77. The van der Waals surface area contributed by atoms with Gasteiger partial charge < -0.3 is 10.2 Å². The second-order valence-corrected chi connectivity index (χ2v) is 10.1. The van der Waals surface area contributed by atoms with Crippen molar-refractivity contribution < 1.29 is 24.6 Å². The Morgan fingerprint density at radius 2 is 1.82 bits per heavy atom. The van der Waals surface area contributed by atoms with Crippen LogP contribution in [0.5, 0.6) is 5.75 Å². The summed E-state index contributed by atoms with van der Waals surface area (Å²) in [6.45, 7) is 3.66. The van der Waals surface area contributed by atoms with E-state index >= 15 is 0 Å². The molecule has 0 unspecified atom stereocenters. The van der Waals surface area contributed by atoms with E-state index in [1.54, 1.807) is 18.2 Å². The molecule has 7 nitrogen and oxygen atoms in total. The van der Waals surface area contributed by atoms with Crippen molar-refractivity contribution in [2.24, 2.45) is 17.8 Å². The number of halogens is 3. The molecule has 0 bridgehead atoms.